The summed E-state index contributed by atoms with van der Waals surface area (Å²) in [6.45, 7) is 7.16. The van der Waals surface area contributed by atoms with Crippen LogP contribution in [0, 0.1) is 6.57 Å². The van der Waals surface area contributed by atoms with Crippen molar-refractivity contribution in [1.29, 1.82) is 0 Å². The van der Waals surface area contributed by atoms with Gasteiger partial charge in [-0.1, -0.05) is 6.07 Å². The van der Waals surface area contributed by atoms with Crippen LogP contribution in [0.4, 0.5) is 5.69 Å². The summed E-state index contributed by atoms with van der Waals surface area (Å²) in [6, 6.07) is 6.12. The molecule has 0 radical (unpaired) electrons. The average molecular weight is 261 g/mol. The summed E-state index contributed by atoms with van der Waals surface area (Å²) < 4.78 is 2.22. The Labute approximate surface area is 115 Å². The van der Waals surface area contributed by atoms with Crippen LogP contribution in [0.15, 0.2) is 36.9 Å². The number of benzene rings is 1. The summed E-state index contributed by atoms with van der Waals surface area (Å²) in [5.74, 6) is 0.894. The zero-order chi connectivity index (χ0) is 13.5. The van der Waals surface area contributed by atoms with Gasteiger partial charge < -0.3 is 4.57 Å². The molecule has 0 unspecified atom stereocenters. The molecule has 1 aromatic carbocycles. The van der Waals surface area contributed by atoms with E-state index in [1.165, 1.54) is 6.33 Å². The highest BCUT2D eigenvalue weighted by atomic mass is 15.1. The Kier molecular flexibility index (Phi) is 2.30. The second kappa shape index (κ2) is 4.14. The molecule has 0 aliphatic heterocycles. The molecule has 2 aromatic heterocycles. The first-order valence-electron chi connectivity index (χ1n) is 6.51. The van der Waals surface area contributed by atoms with Crippen molar-refractivity contribution in [3.8, 4) is 11.4 Å². The van der Waals surface area contributed by atoms with Gasteiger partial charge in [-0.15, -0.1) is 0 Å². The number of aromatic nitrogens is 4. The fourth-order valence-electron chi connectivity index (χ4n) is 2.47. The Hall–Kier alpha value is -2.74. The van der Waals surface area contributed by atoms with Gasteiger partial charge in [-0.2, -0.15) is 0 Å². The Balaban J connectivity index is 2.02. The number of nitrogens with zero attached hydrogens (tertiary/aromatic N) is 5. The van der Waals surface area contributed by atoms with Gasteiger partial charge in [0.15, 0.2) is 5.69 Å². The van der Waals surface area contributed by atoms with Crippen molar-refractivity contribution in [3.63, 3.8) is 0 Å². The summed E-state index contributed by atoms with van der Waals surface area (Å²) in [4.78, 5) is 16.4. The van der Waals surface area contributed by atoms with Crippen molar-refractivity contribution >= 4 is 16.7 Å². The van der Waals surface area contributed by atoms with E-state index in [1.807, 2.05) is 18.2 Å². The molecule has 20 heavy (non-hydrogen) atoms. The average Bonchev–Trinajstić information content (AvgIpc) is 3.27. The molecule has 1 saturated carbocycles. The third-order valence-electron chi connectivity index (χ3n) is 3.53. The third-order valence-corrected chi connectivity index (χ3v) is 3.53. The summed E-state index contributed by atoms with van der Waals surface area (Å²) in [5, 5.41) is 0. The van der Waals surface area contributed by atoms with Crippen LogP contribution in [0.25, 0.3) is 27.3 Å². The Morgan fingerprint density at radius 3 is 2.70 bits per heavy atom. The second-order valence-electron chi connectivity index (χ2n) is 4.95. The Morgan fingerprint density at radius 2 is 2.00 bits per heavy atom. The Bertz CT molecular complexity index is 825. The highest BCUT2D eigenvalue weighted by Crippen LogP contribution is 2.41. The van der Waals surface area contributed by atoms with E-state index in [1.54, 1.807) is 12.4 Å². The second-order valence-corrected chi connectivity index (χ2v) is 4.95. The van der Waals surface area contributed by atoms with Gasteiger partial charge >= 0.3 is 0 Å². The first kappa shape index (κ1) is 11.1. The lowest BCUT2D eigenvalue weighted by molar-refractivity contribution is 0.774. The van der Waals surface area contributed by atoms with Crippen molar-refractivity contribution in [2.24, 2.45) is 0 Å². The molecule has 5 nitrogen and oxygen atoms in total. The van der Waals surface area contributed by atoms with E-state index in [0.29, 0.717) is 11.7 Å². The number of hydrogen-bond acceptors (Lipinski definition) is 3. The van der Waals surface area contributed by atoms with Gasteiger partial charge in [-0.25, -0.2) is 19.8 Å². The molecule has 0 saturated heterocycles. The van der Waals surface area contributed by atoms with Crippen molar-refractivity contribution in [2.45, 2.75) is 18.9 Å². The minimum Gasteiger partial charge on any atom is -0.322 e. The van der Waals surface area contributed by atoms with Crippen LogP contribution >= 0.6 is 0 Å². The van der Waals surface area contributed by atoms with Crippen LogP contribution in [0.1, 0.15) is 18.9 Å². The largest absolute Gasteiger partial charge is 0.322 e. The lowest BCUT2D eigenvalue weighted by Crippen LogP contribution is -1.97. The van der Waals surface area contributed by atoms with E-state index in [0.717, 1.165) is 35.3 Å². The quantitative estimate of drug-likeness (QED) is 0.664. The highest BCUT2D eigenvalue weighted by molar-refractivity contribution is 5.84. The van der Waals surface area contributed by atoms with Crippen molar-refractivity contribution < 1.29 is 0 Å². The SMILES string of the molecule is [C-]#[N+]c1ccc2nc(-c3cncnc3)n(C3CC3)c2c1. The Morgan fingerprint density at radius 1 is 1.20 bits per heavy atom. The van der Waals surface area contributed by atoms with Crippen molar-refractivity contribution in [1.82, 2.24) is 19.5 Å². The number of fused-ring (bicyclic) bond motifs is 1. The fraction of sp³-hybridized carbons (Fsp3) is 0.200. The first-order valence-corrected chi connectivity index (χ1v) is 6.51. The lowest BCUT2D eigenvalue weighted by atomic mass is 10.3. The normalized spacial score (nSPS) is 14.3. The van der Waals surface area contributed by atoms with Crippen LogP contribution in [0.2, 0.25) is 0 Å². The molecule has 1 fully saturated rings. The molecule has 1 aliphatic carbocycles. The molecule has 0 amide bonds. The zero-order valence-electron chi connectivity index (χ0n) is 10.7. The third kappa shape index (κ3) is 1.66. The van der Waals surface area contributed by atoms with Crippen LogP contribution in [0.3, 0.4) is 0 Å². The van der Waals surface area contributed by atoms with Gasteiger partial charge in [0.1, 0.15) is 12.2 Å². The van der Waals surface area contributed by atoms with Crippen LogP contribution in [-0.4, -0.2) is 19.5 Å². The molecule has 2 heterocycles. The molecule has 3 aromatic rings. The van der Waals surface area contributed by atoms with Crippen molar-refractivity contribution in [2.75, 3.05) is 0 Å². The lowest BCUT2D eigenvalue weighted by Gasteiger charge is -2.07. The fourth-order valence-corrected chi connectivity index (χ4v) is 2.47. The summed E-state index contributed by atoms with van der Waals surface area (Å²) in [6.07, 6.45) is 7.40. The molecule has 4 rings (SSSR count). The molecule has 1 aliphatic rings. The zero-order valence-corrected chi connectivity index (χ0v) is 10.7. The van der Waals surface area contributed by atoms with E-state index < -0.39 is 0 Å². The van der Waals surface area contributed by atoms with Crippen LogP contribution in [-0.2, 0) is 0 Å². The standard InChI is InChI=1S/C15H11N5/c1-16-11-2-5-13-14(6-11)20(12-3-4-12)15(19-13)10-7-17-9-18-8-10/h2,5-9,12H,3-4H2. The predicted molar refractivity (Wildman–Crippen MR) is 75.3 cm³/mol. The van der Waals surface area contributed by atoms with Gasteiger partial charge in [-0.05, 0) is 25.0 Å². The minimum atomic E-state index is 0.483. The maximum Gasteiger partial charge on any atom is 0.189 e. The molecule has 0 bridgehead atoms. The predicted octanol–water partition coefficient (Wildman–Crippen LogP) is 3.38. The molecular formula is C15H11N5. The molecule has 5 heteroatoms. The van der Waals surface area contributed by atoms with Gasteiger partial charge in [0.25, 0.3) is 0 Å². The summed E-state index contributed by atoms with van der Waals surface area (Å²) in [5.41, 5.74) is 3.51. The number of rotatable bonds is 2. The van der Waals surface area contributed by atoms with E-state index in [9.17, 15) is 0 Å². The minimum absolute atomic E-state index is 0.483. The molecule has 0 atom stereocenters. The summed E-state index contributed by atoms with van der Waals surface area (Å²) >= 11 is 0. The molecular weight excluding hydrogens is 250 g/mol. The highest BCUT2D eigenvalue weighted by Gasteiger charge is 2.28. The molecule has 0 spiro atoms. The van der Waals surface area contributed by atoms with Gasteiger partial charge in [0.2, 0.25) is 0 Å². The number of hydrogen-bond donors (Lipinski definition) is 0. The molecule has 0 N–H and O–H groups in total. The van der Waals surface area contributed by atoms with Gasteiger partial charge in [0.05, 0.1) is 23.2 Å². The van der Waals surface area contributed by atoms with Crippen LogP contribution < -0.4 is 0 Å². The molecule has 96 valence electrons. The van der Waals surface area contributed by atoms with Crippen molar-refractivity contribution in [3.05, 3.63) is 48.3 Å². The van der Waals surface area contributed by atoms with E-state index >= 15 is 0 Å². The topological polar surface area (TPSA) is 48.0 Å². The maximum atomic E-state index is 7.16. The van der Waals surface area contributed by atoms with E-state index in [4.69, 9.17) is 11.6 Å². The number of imidazole rings is 1. The smallest absolute Gasteiger partial charge is 0.189 e. The monoisotopic (exact) mass is 261 g/mol. The first-order chi connectivity index (χ1) is 9.86. The van der Waals surface area contributed by atoms with Crippen LogP contribution in [0.5, 0.6) is 0 Å². The van der Waals surface area contributed by atoms with E-state index in [2.05, 4.69) is 19.4 Å². The maximum absolute atomic E-state index is 7.16. The van der Waals surface area contributed by atoms with Gasteiger partial charge in [-0.3, -0.25) is 0 Å². The summed E-state index contributed by atoms with van der Waals surface area (Å²) in [7, 11) is 0. The van der Waals surface area contributed by atoms with E-state index in [-0.39, 0.29) is 0 Å². The van der Waals surface area contributed by atoms with Gasteiger partial charge in [0, 0.05) is 18.4 Å².